The maximum atomic E-state index is 7.06. The first-order valence-corrected chi connectivity index (χ1v) is 21.3. The van der Waals surface area contributed by atoms with Crippen LogP contribution in [0.3, 0.4) is 0 Å². The summed E-state index contributed by atoms with van der Waals surface area (Å²) in [6.45, 7) is 0. The molecule has 0 N–H and O–H groups in total. The van der Waals surface area contributed by atoms with Gasteiger partial charge in [0.1, 0.15) is 11.2 Å². The van der Waals surface area contributed by atoms with Crippen LogP contribution < -0.4 is 0 Å². The molecule has 1 unspecified atom stereocenters. The average molecular weight is 775 g/mol. The minimum absolute atomic E-state index is 0.0982. The largest absolute Gasteiger partial charge is 0.455 e. The highest BCUT2D eigenvalue weighted by atomic mass is 16.3. The van der Waals surface area contributed by atoms with Crippen LogP contribution in [-0.2, 0) is 5.41 Å². The topological polar surface area (TPSA) is 13.1 Å². The fourth-order valence-electron chi connectivity index (χ4n) is 11.1. The number of fused-ring (bicyclic) bond motifs is 14. The summed E-state index contributed by atoms with van der Waals surface area (Å²) in [5, 5.41) is 4.69. The molecule has 284 valence electrons. The van der Waals surface area contributed by atoms with E-state index in [4.69, 9.17) is 4.42 Å². The number of hydrogen-bond acceptors (Lipinski definition) is 1. The molecular weight excluding hydrogens is 737 g/mol. The summed E-state index contributed by atoms with van der Waals surface area (Å²) >= 11 is 0. The third kappa shape index (κ3) is 4.83. The van der Waals surface area contributed by atoms with Gasteiger partial charge in [0.05, 0.1) is 5.41 Å². The van der Waals surface area contributed by atoms with Crippen LogP contribution in [0.25, 0.3) is 77.2 Å². The molecule has 0 amide bonds. The highest BCUT2D eigenvalue weighted by Crippen LogP contribution is 2.63. The molecule has 0 saturated carbocycles. The van der Waals surface area contributed by atoms with Crippen LogP contribution >= 0.6 is 0 Å². The molecule has 1 spiro atoms. The monoisotopic (exact) mass is 774 g/mol. The second kappa shape index (κ2) is 13.1. The zero-order valence-electron chi connectivity index (χ0n) is 33.3. The Morgan fingerprint density at radius 2 is 0.902 bits per heavy atom. The molecule has 11 aromatic rings. The summed E-state index contributed by atoms with van der Waals surface area (Å²) in [7, 11) is 0. The molecule has 1 atom stereocenters. The van der Waals surface area contributed by atoms with Gasteiger partial charge in [-0.1, -0.05) is 212 Å². The van der Waals surface area contributed by atoms with Crippen LogP contribution in [0, 0.1) is 0 Å². The van der Waals surface area contributed by atoms with Gasteiger partial charge in [-0.3, -0.25) is 0 Å². The molecule has 13 rings (SSSR count). The maximum Gasteiger partial charge on any atom is 0.143 e. The smallest absolute Gasteiger partial charge is 0.143 e. The maximum absolute atomic E-state index is 7.06. The molecule has 1 aromatic heterocycles. The van der Waals surface area contributed by atoms with Crippen LogP contribution in [0.1, 0.15) is 44.9 Å². The quantitative estimate of drug-likeness (QED) is 0.159. The molecule has 0 fully saturated rings. The molecule has 2 aliphatic carbocycles. The second-order valence-electron chi connectivity index (χ2n) is 16.7. The van der Waals surface area contributed by atoms with Gasteiger partial charge in [-0.25, -0.2) is 0 Å². The SMILES string of the molecule is c1ccc(-c2ccc(C(c3ccc4c(c3)C3(c5ccccc5-c5ccccc53)c3ccccc3-4)c3cccc4oc5c(-c6ccccc6)c6ccccc6cc5c34)cc2)cc1. The molecular formula is C60H38O. The van der Waals surface area contributed by atoms with Crippen LogP contribution in [0.4, 0.5) is 0 Å². The molecule has 1 heterocycles. The Kier molecular flexibility index (Phi) is 7.35. The lowest BCUT2D eigenvalue weighted by atomic mass is 9.69. The number of rotatable bonds is 5. The summed E-state index contributed by atoms with van der Waals surface area (Å²) in [6, 6.07) is 83.0. The van der Waals surface area contributed by atoms with Crippen molar-refractivity contribution >= 4 is 32.7 Å². The molecule has 0 radical (unpaired) electrons. The van der Waals surface area contributed by atoms with Crippen molar-refractivity contribution in [3.05, 3.63) is 263 Å². The van der Waals surface area contributed by atoms with Crippen LogP contribution in [0.5, 0.6) is 0 Å². The van der Waals surface area contributed by atoms with Gasteiger partial charge in [-0.15, -0.1) is 0 Å². The standard InChI is InChI=1S/C60H38O/c1-3-16-38(17-4-1)39-30-32-41(33-31-39)56(49-25-15-29-55-58(49)50-36-42-20-7-8-21-44(42)57(59(50)61-55)40-18-5-2-6-19-40)43-34-35-48-47-24-11-14-28-53(47)60(54(48)37-43)51-26-12-9-22-45(51)46-23-10-13-27-52(46)60/h1-37,56H. The van der Waals surface area contributed by atoms with Crippen molar-refractivity contribution in [2.75, 3.05) is 0 Å². The van der Waals surface area contributed by atoms with E-state index in [9.17, 15) is 0 Å². The average Bonchev–Trinajstić information content (AvgIpc) is 3.96. The predicted molar refractivity (Wildman–Crippen MR) is 252 cm³/mol. The van der Waals surface area contributed by atoms with E-state index in [1.54, 1.807) is 0 Å². The van der Waals surface area contributed by atoms with Crippen molar-refractivity contribution < 1.29 is 4.42 Å². The number of benzene rings is 10. The van der Waals surface area contributed by atoms with E-state index >= 15 is 0 Å². The van der Waals surface area contributed by atoms with E-state index in [1.165, 1.54) is 83.1 Å². The molecule has 61 heavy (non-hydrogen) atoms. The normalized spacial score (nSPS) is 13.6. The highest BCUT2D eigenvalue weighted by Gasteiger charge is 2.51. The minimum atomic E-state index is -0.436. The van der Waals surface area contributed by atoms with Gasteiger partial charge in [0.15, 0.2) is 0 Å². The van der Waals surface area contributed by atoms with Gasteiger partial charge in [-0.05, 0) is 101 Å². The summed E-state index contributed by atoms with van der Waals surface area (Å²) in [5.74, 6) is -0.0982. The summed E-state index contributed by atoms with van der Waals surface area (Å²) in [4.78, 5) is 0. The van der Waals surface area contributed by atoms with Gasteiger partial charge < -0.3 is 4.42 Å². The van der Waals surface area contributed by atoms with Crippen molar-refractivity contribution in [2.45, 2.75) is 11.3 Å². The summed E-state index contributed by atoms with van der Waals surface area (Å²) in [5.41, 5.74) is 20.5. The molecule has 2 aliphatic rings. The Morgan fingerprint density at radius 3 is 1.57 bits per heavy atom. The lowest BCUT2D eigenvalue weighted by molar-refractivity contribution is 0.670. The number of hydrogen-bond donors (Lipinski definition) is 0. The third-order valence-electron chi connectivity index (χ3n) is 13.6. The Hall–Kier alpha value is -7.74. The molecule has 1 heteroatoms. The fraction of sp³-hybridized carbons (Fsp3) is 0.0333. The van der Waals surface area contributed by atoms with Gasteiger partial charge in [-0.2, -0.15) is 0 Å². The van der Waals surface area contributed by atoms with Crippen LogP contribution in [0.15, 0.2) is 229 Å². The minimum Gasteiger partial charge on any atom is -0.455 e. The Morgan fingerprint density at radius 1 is 0.361 bits per heavy atom. The Labute approximate surface area is 354 Å². The van der Waals surface area contributed by atoms with Gasteiger partial charge in [0.2, 0.25) is 0 Å². The first-order chi connectivity index (χ1) is 30.3. The van der Waals surface area contributed by atoms with Crippen molar-refractivity contribution in [1.82, 2.24) is 0 Å². The zero-order valence-corrected chi connectivity index (χ0v) is 33.3. The van der Waals surface area contributed by atoms with E-state index < -0.39 is 5.41 Å². The predicted octanol–water partition coefficient (Wildman–Crippen LogP) is 15.6. The van der Waals surface area contributed by atoms with Crippen molar-refractivity contribution in [3.63, 3.8) is 0 Å². The number of furan rings is 1. The first-order valence-electron chi connectivity index (χ1n) is 21.3. The van der Waals surface area contributed by atoms with Crippen molar-refractivity contribution in [1.29, 1.82) is 0 Å². The summed E-state index contributed by atoms with van der Waals surface area (Å²) in [6.07, 6.45) is 0. The van der Waals surface area contributed by atoms with Gasteiger partial charge >= 0.3 is 0 Å². The van der Waals surface area contributed by atoms with E-state index in [0.717, 1.165) is 33.1 Å². The fourth-order valence-corrected chi connectivity index (χ4v) is 11.1. The van der Waals surface area contributed by atoms with Crippen LogP contribution in [0.2, 0.25) is 0 Å². The van der Waals surface area contributed by atoms with Crippen LogP contribution in [-0.4, -0.2) is 0 Å². The summed E-state index contributed by atoms with van der Waals surface area (Å²) < 4.78 is 7.06. The Balaban J connectivity index is 1.10. The Bertz CT molecular complexity index is 3460. The van der Waals surface area contributed by atoms with E-state index in [1.807, 2.05) is 0 Å². The second-order valence-corrected chi connectivity index (χ2v) is 16.7. The lowest BCUT2D eigenvalue weighted by Crippen LogP contribution is -2.26. The van der Waals surface area contributed by atoms with Crippen molar-refractivity contribution in [3.8, 4) is 44.5 Å². The lowest BCUT2D eigenvalue weighted by Gasteiger charge is -2.31. The molecule has 0 bridgehead atoms. The third-order valence-corrected chi connectivity index (χ3v) is 13.6. The van der Waals surface area contributed by atoms with E-state index in [0.29, 0.717) is 0 Å². The molecule has 1 nitrogen and oxygen atoms in total. The molecule has 10 aromatic carbocycles. The van der Waals surface area contributed by atoms with E-state index in [-0.39, 0.29) is 5.92 Å². The molecule has 0 aliphatic heterocycles. The molecule has 0 saturated heterocycles. The van der Waals surface area contributed by atoms with Gasteiger partial charge in [0.25, 0.3) is 0 Å². The zero-order chi connectivity index (χ0) is 40.1. The van der Waals surface area contributed by atoms with Crippen molar-refractivity contribution in [2.24, 2.45) is 0 Å². The van der Waals surface area contributed by atoms with E-state index in [2.05, 4.69) is 224 Å². The van der Waals surface area contributed by atoms with Gasteiger partial charge in [0, 0.05) is 22.3 Å². The first kappa shape index (κ1) is 34.2. The highest BCUT2D eigenvalue weighted by molar-refractivity contribution is 6.19.